The second-order valence-electron chi connectivity index (χ2n) is 6.17. The monoisotopic (exact) mass is 358 g/mol. The molecule has 138 valence electrons. The zero-order valence-corrected chi connectivity index (χ0v) is 15.1. The van der Waals surface area contributed by atoms with Gasteiger partial charge in [-0.25, -0.2) is 9.78 Å². The summed E-state index contributed by atoms with van der Waals surface area (Å²) >= 11 is 0. The third-order valence-corrected chi connectivity index (χ3v) is 4.74. The highest BCUT2D eigenvalue weighted by Gasteiger charge is 2.37. The number of hydrogen-bond acceptors (Lipinski definition) is 6. The fraction of sp³-hybridized carbons (Fsp3) is 0.421. The Hall–Kier alpha value is -2.67. The van der Waals surface area contributed by atoms with E-state index in [-0.39, 0.29) is 12.0 Å². The molecule has 0 bridgehead atoms. The first kappa shape index (κ1) is 18.1. The van der Waals surface area contributed by atoms with Crippen molar-refractivity contribution >= 4 is 22.8 Å². The van der Waals surface area contributed by atoms with E-state index in [4.69, 9.17) is 14.2 Å². The van der Waals surface area contributed by atoms with Crippen molar-refractivity contribution < 1.29 is 23.8 Å². The summed E-state index contributed by atoms with van der Waals surface area (Å²) in [6.07, 6.45) is 1.01. The number of benzene rings is 1. The van der Waals surface area contributed by atoms with Gasteiger partial charge in [0.15, 0.2) is 0 Å². The smallest absolute Gasteiger partial charge is 0.328 e. The number of carbonyl (C=O) groups excluding carboxylic acids is 2. The molecule has 1 aliphatic heterocycles. The molecule has 1 fully saturated rings. The van der Waals surface area contributed by atoms with Gasteiger partial charge in [-0.3, -0.25) is 4.79 Å². The topological polar surface area (TPSA) is 78.0 Å². The van der Waals surface area contributed by atoms with Gasteiger partial charge in [-0.1, -0.05) is 6.07 Å². The van der Waals surface area contributed by atoms with Crippen LogP contribution in [0, 0.1) is 0 Å². The summed E-state index contributed by atoms with van der Waals surface area (Å²) in [4.78, 5) is 31.1. The molecule has 1 saturated heterocycles. The Kier molecular flexibility index (Phi) is 5.37. The number of fused-ring (bicyclic) bond motifs is 1. The molecule has 0 radical (unpaired) electrons. The van der Waals surface area contributed by atoms with Crippen LogP contribution >= 0.6 is 0 Å². The Labute approximate surface area is 151 Å². The summed E-state index contributed by atoms with van der Waals surface area (Å²) in [6, 6.07) is 8.29. The zero-order valence-electron chi connectivity index (χ0n) is 15.1. The van der Waals surface area contributed by atoms with E-state index < -0.39 is 12.0 Å². The van der Waals surface area contributed by atoms with E-state index in [1.807, 2.05) is 12.1 Å². The van der Waals surface area contributed by atoms with Crippen LogP contribution in [0.2, 0.25) is 0 Å². The van der Waals surface area contributed by atoms with Crippen molar-refractivity contribution in [2.45, 2.75) is 25.0 Å². The Balaban J connectivity index is 1.89. The van der Waals surface area contributed by atoms with Crippen molar-refractivity contribution in [2.75, 3.05) is 27.9 Å². The number of carbonyl (C=O) groups is 2. The first-order chi connectivity index (χ1) is 12.6. The number of ether oxygens (including phenoxy) is 3. The van der Waals surface area contributed by atoms with Gasteiger partial charge in [-0.2, -0.15) is 0 Å². The van der Waals surface area contributed by atoms with E-state index in [1.165, 1.54) is 12.0 Å². The van der Waals surface area contributed by atoms with E-state index in [0.717, 1.165) is 11.1 Å². The number of hydrogen-bond donors (Lipinski definition) is 0. The standard InChI is InChI=1S/C19H22N2O5/c1-24-13-5-7-15-12(10-13)4-6-16(20-15)18(22)21-9-8-14(25-2)11-17(21)19(23)26-3/h4-7,10,14,17H,8-9,11H2,1-3H3/t14-,17-/m0/s1. The summed E-state index contributed by atoms with van der Waals surface area (Å²) in [6.45, 7) is 0.416. The molecular formula is C19H22N2O5. The molecule has 2 aromatic rings. The van der Waals surface area contributed by atoms with E-state index in [2.05, 4.69) is 4.98 Å². The highest BCUT2D eigenvalue weighted by molar-refractivity contribution is 5.97. The van der Waals surface area contributed by atoms with Crippen molar-refractivity contribution in [3.63, 3.8) is 0 Å². The van der Waals surface area contributed by atoms with Crippen LogP contribution in [0.5, 0.6) is 5.75 Å². The maximum atomic E-state index is 13.0. The molecule has 0 unspecified atom stereocenters. The van der Waals surface area contributed by atoms with E-state index >= 15 is 0 Å². The van der Waals surface area contributed by atoms with Gasteiger partial charge < -0.3 is 19.1 Å². The van der Waals surface area contributed by atoms with Gasteiger partial charge in [0, 0.05) is 25.5 Å². The normalized spacial score (nSPS) is 20.0. The average Bonchev–Trinajstić information content (AvgIpc) is 2.71. The minimum absolute atomic E-state index is 0.0693. The lowest BCUT2D eigenvalue weighted by Gasteiger charge is -2.37. The van der Waals surface area contributed by atoms with E-state index in [1.54, 1.807) is 32.4 Å². The molecule has 3 rings (SSSR count). The van der Waals surface area contributed by atoms with Crippen molar-refractivity contribution in [3.05, 3.63) is 36.0 Å². The number of amides is 1. The van der Waals surface area contributed by atoms with Crippen molar-refractivity contribution in [3.8, 4) is 5.75 Å². The number of likely N-dealkylation sites (tertiary alicyclic amines) is 1. The lowest BCUT2D eigenvalue weighted by atomic mass is 9.98. The second-order valence-corrected chi connectivity index (χ2v) is 6.17. The maximum Gasteiger partial charge on any atom is 0.328 e. The fourth-order valence-corrected chi connectivity index (χ4v) is 3.25. The number of esters is 1. The van der Waals surface area contributed by atoms with Gasteiger partial charge in [0.05, 0.1) is 25.8 Å². The summed E-state index contributed by atoms with van der Waals surface area (Å²) in [5.41, 5.74) is 0.991. The molecule has 26 heavy (non-hydrogen) atoms. The molecule has 1 aromatic carbocycles. The first-order valence-corrected chi connectivity index (χ1v) is 8.43. The molecule has 7 heteroatoms. The number of nitrogens with zero attached hydrogens (tertiary/aromatic N) is 2. The van der Waals surface area contributed by atoms with Gasteiger partial charge in [-0.15, -0.1) is 0 Å². The van der Waals surface area contributed by atoms with Crippen molar-refractivity contribution in [2.24, 2.45) is 0 Å². The van der Waals surface area contributed by atoms with Crippen LogP contribution in [0.25, 0.3) is 10.9 Å². The molecule has 1 amide bonds. The minimum atomic E-state index is -0.667. The average molecular weight is 358 g/mol. The maximum absolute atomic E-state index is 13.0. The van der Waals surface area contributed by atoms with Gasteiger partial charge >= 0.3 is 5.97 Å². The van der Waals surface area contributed by atoms with Crippen LogP contribution in [-0.2, 0) is 14.3 Å². The van der Waals surface area contributed by atoms with Gasteiger partial charge in [0.2, 0.25) is 0 Å². The van der Waals surface area contributed by atoms with Crippen LogP contribution in [0.3, 0.4) is 0 Å². The number of pyridine rings is 1. The molecule has 1 aliphatic rings. The number of rotatable bonds is 4. The predicted molar refractivity (Wildman–Crippen MR) is 95.2 cm³/mol. The Morgan fingerprint density at radius 2 is 1.96 bits per heavy atom. The molecule has 2 atom stereocenters. The molecular weight excluding hydrogens is 336 g/mol. The SMILES string of the molecule is COC(=O)[C@@H]1C[C@@H](OC)CCN1C(=O)c1ccc2cc(OC)ccc2n1. The molecule has 7 nitrogen and oxygen atoms in total. The van der Waals surface area contributed by atoms with Crippen LogP contribution in [-0.4, -0.2) is 61.8 Å². The molecule has 0 N–H and O–H groups in total. The van der Waals surface area contributed by atoms with Crippen molar-refractivity contribution in [1.82, 2.24) is 9.88 Å². The lowest BCUT2D eigenvalue weighted by Crippen LogP contribution is -2.52. The highest BCUT2D eigenvalue weighted by Crippen LogP contribution is 2.24. The third-order valence-electron chi connectivity index (χ3n) is 4.74. The molecule has 0 aliphatic carbocycles. The number of aromatic nitrogens is 1. The minimum Gasteiger partial charge on any atom is -0.497 e. The van der Waals surface area contributed by atoms with Crippen LogP contribution < -0.4 is 4.74 Å². The largest absolute Gasteiger partial charge is 0.497 e. The third kappa shape index (κ3) is 3.48. The molecule has 2 heterocycles. The summed E-state index contributed by atoms with van der Waals surface area (Å²) in [5.74, 6) is 0.00377. The van der Waals surface area contributed by atoms with E-state index in [0.29, 0.717) is 30.6 Å². The van der Waals surface area contributed by atoms with Gasteiger partial charge in [-0.05, 0) is 30.7 Å². The van der Waals surface area contributed by atoms with Gasteiger partial charge in [0.1, 0.15) is 17.5 Å². The van der Waals surface area contributed by atoms with Crippen LogP contribution in [0.1, 0.15) is 23.3 Å². The Morgan fingerprint density at radius 3 is 2.65 bits per heavy atom. The predicted octanol–water partition coefficient (Wildman–Crippen LogP) is 2.04. The summed E-state index contributed by atoms with van der Waals surface area (Å²) in [5, 5.41) is 0.878. The van der Waals surface area contributed by atoms with Crippen LogP contribution in [0.15, 0.2) is 30.3 Å². The Bertz CT molecular complexity index is 823. The summed E-state index contributed by atoms with van der Waals surface area (Å²) < 4.78 is 15.4. The summed E-state index contributed by atoms with van der Waals surface area (Å²) in [7, 11) is 4.53. The highest BCUT2D eigenvalue weighted by atomic mass is 16.5. The molecule has 1 aromatic heterocycles. The second kappa shape index (κ2) is 7.70. The van der Waals surface area contributed by atoms with Crippen LogP contribution in [0.4, 0.5) is 0 Å². The molecule has 0 saturated carbocycles. The van der Waals surface area contributed by atoms with Crippen molar-refractivity contribution in [1.29, 1.82) is 0 Å². The number of methoxy groups -OCH3 is 3. The quantitative estimate of drug-likeness (QED) is 0.779. The zero-order chi connectivity index (χ0) is 18.7. The number of piperidine rings is 1. The van der Waals surface area contributed by atoms with E-state index in [9.17, 15) is 9.59 Å². The Morgan fingerprint density at radius 1 is 1.15 bits per heavy atom. The fourth-order valence-electron chi connectivity index (χ4n) is 3.25. The molecule has 0 spiro atoms. The van der Waals surface area contributed by atoms with Gasteiger partial charge in [0.25, 0.3) is 5.91 Å². The first-order valence-electron chi connectivity index (χ1n) is 8.43. The lowest BCUT2D eigenvalue weighted by molar-refractivity contribution is -0.149.